The van der Waals surface area contributed by atoms with Gasteiger partial charge in [0.25, 0.3) is 0 Å². The lowest BCUT2D eigenvalue weighted by molar-refractivity contribution is -0.114. The fourth-order valence-corrected chi connectivity index (χ4v) is 1.16. The summed E-state index contributed by atoms with van der Waals surface area (Å²) in [4.78, 5) is 15.1. The molecule has 1 aliphatic heterocycles. The number of carbonyl (C=O) groups excluding carboxylic acids is 1. The highest BCUT2D eigenvalue weighted by Gasteiger charge is 2.13. The molecule has 0 aliphatic carbocycles. The number of pyridine rings is 1. The van der Waals surface area contributed by atoms with E-state index >= 15 is 0 Å². The van der Waals surface area contributed by atoms with Gasteiger partial charge in [-0.25, -0.2) is 4.98 Å². The lowest BCUT2D eigenvalue weighted by Crippen LogP contribution is -2.27. The van der Waals surface area contributed by atoms with Crippen LogP contribution in [-0.2, 0) is 4.79 Å². The van der Waals surface area contributed by atoms with Crippen molar-refractivity contribution in [3.05, 3.63) is 17.8 Å². The molecule has 0 bridgehead atoms. The molecular weight excluding hydrogens is 190 g/mol. The number of nitrogens with zero attached hydrogens (tertiary/aromatic N) is 1. The summed E-state index contributed by atoms with van der Waals surface area (Å²) >= 11 is 0. The molecule has 2 heterocycles. The Morgan fingerprint density at radius 1 is 1.54 bits per heavy atom. The molecule has 0 unspecified atom stereocenters. The van der Waals surface area contributed by atoms with Crippen molar-refractivity contribution in [3.63, 3.8) is 0 Å². The fraction of sp³-hybridized carbons (Fsp3) is 0.250. The predicted molar refractivity (Wildman–Crippen MR) is 53.3 cm³/mol. The molecule has 0 aromatic carbocycles. The SMILES string of the molecule is Cc1cnc2c(c1)NC(=O)CN2.Cl. The summed E-state index contributed by atoms with van der Waals surface area (Å²) in [5.74, 6) is 0.732. The van der Waals surface area contributed by atoms with Gasteiger partial charge in [0.2, 0.25) is 5.91 Å². The van der Waals surface area contributed by atoms with E-state index in [-0.39, 0.29) is 18.3 Å². The van der Waals surface area contributed by atoms with Gasteiger partial charge in [0.1, 0.15) is 5.82 Å². The van der Waals surface area contributed by atoms with E-state index in [2.05, 4.69) is 15.6 Å². The maximum absolute atomic E-state index is 10.9. The molecule has 0 atom stereocenters. The van der Waals surface area contributed by atoms with Crippen LogP contribution in [0.5, 0.6) is 0 Å². The van der Waals surface area contributed by atoms with Crippen LogP contribution in [-0.4, -0.2) is 17.4 Å². The number of halogens is 1. The first kappa shape index (κ1) is 9.80. The molecule has 0 radical (unpaired) electrons. The van der Waals surface area contributed by atoms with Crippen LogP contribution >= 0.6 is 12.4 Å². The molecular formula is C8H10ClN3O. The minimum atomic E-state index is -0.0186. The highest BCUT2D eigenvalue weighted by molar-refractivity contribution is 5.99. The molecule has 4 nitrogen and oxygen atoms in total. The highest BCUT2D eigenvalue weighted by Crippen LogP contribution is 2.21. The largest absolute Gasteiger partial charge is 0.359 e. The third kappa shape index (κ3) is 1.89. The quantitative estimate of drug-likeness (QED) is 0.660. The normalized spacial score (nSPS) is 13.5. The zero-order valence-corrected chi connectivity index (χ0v) is 7.94. The van der Waals surface area contributed by atoms with Crippen molar-refractivity contribution in [2.24, 2.45) is 0 Å². The molecule has 0 saturated heterocycles. The predicted octanol–water partition coefficient (Wildman–Crippen LogP) is 1.18. The maximum atomic E-state index is 10.9. The van der Waals surface area contributed by atoms with Crippen LogP contribution in [0.15, 0.2) is 12.3 Å². The maximum Gasteiger partial charge on any atom is 0.243 e. The topological polar surface area (TPSA) is 54.0 Å². The van der Waals surface area contributed by atoms with Crippen LogP contribution in [0.4, 0.5) is 11.5 Å². The Labute approximate surface area is 82.2 Å². The lowest BCUT2D eigenvalue weighted by Gasteiger charge is -2.17. The summed E-state index contributed by atoms with van der Waals surface area (Å²) in [6, 6.07) is 1.90. The third-order valence-electron chi connectivity index (χ3n) is 1.71. The van der Waals surface area contributed by atoms with Crippen LogP contribution in [0, 0.1) is 6.92 Å². The van der Waals surface area contributed by atoms with Gasteiger partial charge in [0.15, 0.2) is 0 Å². The van der Waals surface area contributed by atoms with Crippen molar-refractivity contribution >= 4 is 29.8 Å². The van der Waals surface area contributed by atoms with Crippen LogP contribution < -0.4 is 10.6 Å². The molecule has 70 valence electrons. The number of anilines is 2. The summed E-state index contributed by atoms with van der Waals surface area (Å²) < 4.78 is 0. The van der Waals surface area contributed by atoms with Gasteiger partial charge in [-0.2, -0.15) is 0 Å². The average molecular weight is 200 g/mol. The minimum absolute atomic E-state index is 0. The van der Waals surface area contributed by atoms with Crippen molar-refractivity contribution in [1.82, 2.24) is 4.98 Å². The molecule has 0 fully saturated rings. The van der Waals surface area contributed by atoms with Crippen LogP contribution in [0.25, 0.3) is 0 Å². The Balaban J connectivity index is 0.000000845. The molecule has 1 aliphatic rings. The van der Waals surface area contributed by atoms with Crippen molar-refractivity contribution in [2.45, 2.75) is 6.92 Å². The van der Waals surface area contributed by atoms with Crippen LogP contribution in [0.2, 0.25) is 0 Å². The van der Waals surface area contributed by atoms with Crippen LogP contribution in [0.3, 0.4) is 0 Å². The van der Waals surface area contributed by atoms with Gasteiger partial charge in [-0.15, -0.1) is 12.4 Å². The molecule has 1 amide bonds. The molecule has 2 rings (SSSR count). The second-order valence-corrected chi connectivity index (χ2v) is 2.81. The number of fused-ring (bicyclic) bond motifs is 1. The second kappa shape index (κ2) is 3.62. The van der Waals surface area contributed by atoms with Gasteiger partial charge in [-0.1, -0.05) is 0 Å². The average Bonchev–Trinajstić information content (AvgIpc) is 2.03. The van der Waals surface area contributed by atoms with E-state index < -0.39 is 0 Å². The van der Waals surface area contributed by atoms with E-state index in [0.717, 1.165) is 17.1 Å². The number of amides is 1. The van der Waals surface area contributed by atoms with Crippen molar-refractivity contribution in [2.75, 3.05) is 17.2 Å². The first-order valence-corrected chi connectivity index (χ1v) is 3.76. The number of aryl methyl sites for hydroxylation is 1. The van der Waals surface area contributed by atoms with Crippen molar-refractivity contribution in [1.29, 1.82) is 0 Å². The molecule has 5 heteroatoms. The Morgan fingerprint density at radius 3 is 3.08 bits per heavy atom. The van der Waals surface area contributed by atoms with Gasteiger partial charge in [0, 0.05) is 6.20 Å². The van der Waals surface area contributed by atoms with Crippen LogP contribution in [0.1, 0.15) is 5.56 Å². The number of rotatable bonds is 0. The van der Waals surface area contributed by atoms with Gasteiger partial charge >= 0.3 is 0 Å². The van der Waals surface area contributed by atoms with E-state index in [1.54, 1.807) is 6.20 Å². The zero-order chi connectivity index (χ0) is 8.55. The standard InChI is InChI=1S/C8H9N3O.ClH/c1-5-2-6-8(9-3-5)10-4-7(12)11-6;/h2-3H,4H2,1H3,(H,9,10)(H,11,12);1H. The summed E-state index contributed by atoms with van der Waals surface area (Å²) in [5, 5.41) is 5.65. The van der Waals surface area contributed by atoms with Crippen molar-refractivity contribution in [3.8, 4) is 0 Å². The summed E-state index contributed by atoms with van der Waals surface area (Å²) in [5.41, 5.74) is 1.81. The number of aromatic nitrogens is 1. The van der Waals surface area contributed by atoms with Gasteiger partial charge in [0.05, 0.1) is 12.2 Å². The Morgan fingerprint density at radius 2 is 2.31 bits per heavy atom. The molecule has 2 N–H and O–H groups in total. The molecule has 13 heavy (non-hydrogen) atoms. The smallest absolute Gasteiger partial charge is 0.243 e. The molecule has 1 aromatic rings. The Bertz CT molecular complexity index is 340. The first-order chi connectivity index (χ1) is 5.75. The van der Waals surface area contributed by atoms with E-state index in [0.29, 0.717) is 6.54 Å². The van der Waals surface area contributed by atoms with E-state index in [1.807, 2.05) is 13.0 Å². The summed E-state index contributed by atoms with van der Waals surface area (Å²) in [6.45, 7) is 2.25. The highest BCUT2D eigenvalue weighted by atomic mass is 35.5. The number of nitrogens with one attached hydrogen (secondary N) is 2. The number of hydrogen-bond donors (Lipinski definition) is 2. The summed E-state index contributed by atoms with van der Waals surface area (Å²) in [7, 11) is 0. The Hall–Kier alpha value is -1.29. The number of carbonyl (C=O) groups is 1. The van der Waals surface area contributed by atoms with E-state index in [4.69, 9.17) is 0 Å². The van der Waals surface area contributed by atoms with Gasteiger partial charge in [-0.05, 0) is 18.6 Å². The molecule has 1 aromatic heterocycles. The van der Waals surface area contributed by atoms with E-state index in [9.17, 15) is 4.79 Å². The zero-order valence-electron chi connectivity index (χ0n) is 7.13. The third-order valence-corrected chi connectivity index (χ3v) is 1.71. The first-order valence-electron chi connectivity index (χ1n) is 3.76. The lowest BCUT2D eigenvalue weighted by atomic mass is 10.2. The van der Waals surface area contributed by atoms with Gasteiger partial charge < -0.3 is 10.6 Å². The van der Waals surface area contributed by atoms with Crippen molar-refractivity contribution < 1.29 is 4.79 Å². The van der Waals surface area contributed by atoms with E-state index in [1.165, 1.54) is 0 Å². The monoisotopic (exact) mass is 199 g/mol. The Kier molecular flexibility index (Phi) is 2.72. The fourth-order valence-electron chi connectivity index (χ4n) is 1.16. The molecule has 0 saturated carbocycles. The molecule has 0 spiro atoms. The van der Waals surface area contributed by atoms with Gasteiger partial charge in [-0.3, -0.25) is 4.79 Å². The second-order valence-electron chi connectivity index (χ2n) is 2.81. The number of hydrogen-bond acceptors (Lipinski definition) is 3. The summed E-state index contributed by atoms with van der Waals surface area (Å²) in [6.07, 6.45) is 1.77. The minimum Gasteiger partial charge on any atom is -0.359 e.